The van der Waals surface area contributed by atoms with Gasteiger partial charge < -0.3 is 15.2 Å². The average molecular weight is 356 g/mol. The van der Waals surface area contributed by atoms with Gasteiger partial charge in [0.15, 0.2) is 0 Å². The van der Waals surface area contributed by atoms with Crippen LogP contribution in [0, 0.1) is 19.8 Å². The summed E-state index contributed by atoms with van der Waals surface area (Å²) in [5.74, 6) is -0.492. The quantitative estimate of drug-likeness (QED) is 0.807. The first-order valence-corrected chi connectivity index (χ1v) is 9.31. The first-order valence-electron chi connectivity index (χ1n) is 7.71. The van der Waals surface area contributed by atoms with Gasteiger partial charge in [-0.05, 0) is 37.1 Å². The predicted molar refractivity (Wildman–Crippen MR) is 90.6 cm³/mol. The molecule has 1 aliphatic rings. The number of aryl methyl sites for hydroxylation is 2. The van der Waals surface area contributed by atoms with E-state index in [2.05, 4.69) is 5.32 Å². The Labute approximate surface area is 142 Å². The van der Waals surface area contributed by atoms with Gasteiger partial charge in [0.05, 0.1) is 25.0 Å². The Bertz CT molecular complexity index is 707. The zero-order valence-electron chi connectivity index (χ0n) is 14.4. The lowest BCUT2D eigenvalue weighted by Crippen LogP contribution is -2.43. The zero-order chi connectivity index (χ0) is 18.1. The zero-order valence-corrected chi connectivity index (χ0v) is 15.2. The van der Waals surface area contributed by atoms with E-state index in [1.807, 2.05) is 0 Å². The summed E-state index contributed by atoms with van der Waals surface area (Å²) in [4.78, 5) is 12.5. The summed E-state index contributed by atoms with van der Waals surface area (Å²) >= 11 is 0. The molecule has 2 rings (SSSR count). The molecule has 1 heterocycles. The second-order valence-electron chi connectivity index (χ2n) is 6.40. The minimum atomic E-state index is -3.37. The van der Waals surface area contributed by atoms with Gasteiger partial charge >= 0.3 is 0 Å². The molecule has 8 heteroatoms. The molecule has 0 saturated carbocycles. The Morgan fingerprint density at radius 1 is 1.29 bits per heavy atom. The van der Waals surface area contributed by atoms with Crippen LogP contribution >= 0.6 is 0 Å². The van der Waals surface area contributed by atoms with E-state index < -0.39 is 10.0 Å². The fraction of sp³-hybridized carbons (Fsp3) is 0.562. The number of hydrogen-bond donors (Lipinski definition) is 2. The van der Waals surface area contributed by atoms with Crippen molar-refractivity contribution in [2.75, 3.05) is 33.1 Å². The number of carbonyl (C=O) groups is 1. The van der Waals surface area contributed by atoms with Gasteiger partial charge in [0, 0.05) is 25.6 Å². The van der Waals surface area contributed by atoms with E-state index in [1.54, 1.807) is 26.0 Å². The second kappa shape index (κ2) is 7.08. The van der Waals surface area contributed by atoms with Gasteiger partial charge in [-0.25, -0.2) is 12.7 Å². The molecule has 1 aromatic rings. The van der Waals surface area contributed by atoms with E-state index in [0.717, 1.165) is 0 Å². The van der Waals surface area contributed by atoms with E-state index in [0.29, 0.717) is 23.3 Å². The largest absolute Gasteiger partial charge is 0.507 e. The highest BCUT2D eigenvalue weighted by molar-refractivity contribution is 7.89. The van der Waals surface area contributed by atoms with E-state index in [-0.39, 0.29) is 36.0 Å². The Morgan fingerprint density at radius 3 is 2.42 bits per heavy atom. The lowest BCUT2D eigenvalue weighted by Gasteiger charge is -2.21. The van der Waals surface area contributed by atoms with Crippen molar-refractivity contribution in [3.63, 3.8) is 0 Å². The summed E-state index contributed by atoms with van der Waals surface area (Å²) in [5, 5.41) is 12.6. The van der Waals surface area contributed by atoms with Crippen molar-refractivity contribution >= 4 is 15.9 Å². The van der Waals surface area contributed by atoms with Gasteiger partial charge in [-0.1, -0.05) is 0 Å². The standard InChI is InChI=1S/C16H24N2O5S/c1-10-5-12(6-11(2)15(10)19)16(20)17-14-8-23-7-13(14)9-24(21,22)18(3)4/h5-6,13-14,19H,7-9H2,1-4H3,(H,17,20)/t13-,14-/m0/s1. The van der Waals surface area contributed by atoms with E-state index in [4.69, 9.17) is 4.74 Å². The molecule has 1 amide bonds. The van der Waals surface area contributed by atoms with E-state index in [9.17, 15) is 18.3 Å². The van der Waals surface area contributed by atoms with Crippen LogP contribution in [0.3, 0.4) is 0 Å². The molecule has 1 aliphatic heterocycles. The predicted octanol–water partition coefficient (Wildman–Crippen LogP) is 0.645. The fourth-order valence-electron chi connectivity index (χ4n) is 2.68. The topological polar surface area (TPSA) is 95.9 Å². The second-order valence-corrected chi connectivity index (χ2v) is 8.62. The molecule has 2 atom stereocenters. The molecule has 24 heavy (non-hydrogen) atoms. The van der Waals surface area contributed by atoms with Gasteiger partial charge in [0.2, 0.25) is 10.0 Å². The highest BCUT2D eigenvalue weighted by atomic mass is 32.2. The molecule has 134 valence electrons. The van der Waals surface area contributed by atoms with Crippen molar-refractivity contribution in [3.05, 3.63) is 28.8 Å². The third-order valence-electron chi connectivity index (χ3n) is 4.25. The maximum Gasteiger partial charge on any atom is 0.251 e. The number of nitrogens with one attached hydrogen (secondary N) is 1. The molecule has 0 unspecified atom stereocenters. The van der Waals surface area contributed by atoms with Gasteiger partial charge in [-0.3, -0.25) is 4.79 Å². The fourth-order valence-corrected chi connectivity index (χ4v) is 3.85. The number of phenolic OH excluding ortho intramolecular Hbond substituents is 1. The summed E-state index contributed by atoms with van der Waals surface area (Å²) in [7, 11) is -0.391. The summed E-state index contributed by atoms with van der Waals surface area (Å²) in [6, 6.07) is 2.86. The monoisotopic (exact) mass is 356 g/mol. The minimum Gasteiger partial charge on any atom is -0.507 e. The number of amides is 1. The number of ether oxygens (including phenoxy) is 1. The van der Waals surface area contributed by atoms with Gasteiger partial charge in [-0.15, -0.1) is 0 Å². The summed E-state index contributed by atoms with van der Waals surface area (Å²) in [5.41, 5.74) is 1.67. The lowest BCUT2D eigenvalue weighted by molar-refractivity contribution is 0.0926. The van der Waals surface area contributed by atoms with Crippen molar-refractivity contribution in [1.82, 2.24) is 9.62 Å². The number of phenols is 1. The van der Waals surface area contributed by atoms with Crippen molar-refractivity contribution in [3.8, 4) is 5.75 Å². The molecule has 1 fully saturated rings. The average Bonchev–Trinajstić information content (AvgIpc) is 2.90. The molecule has 0 spiro atoms. The molecular weight excluding hydrogens is 332 g/mol. The summed E-state index contributed by atoms with van der Waals surface area (Å²) in [6.07, 6.45) is 0. The molecule has 0 radical (unpaired) electrons. The number of aromatic hydroxyl groups is 1. The third kappa shape index (κ3) is 4.06. The molecule has 1 aromatic carbocycles. The first-order chi connectivity index (χ1) is 11.1. The molecule has 2 N–H and O–H groups in total. The lowest BCUT2D eigenvalue weighted by atomic mass is 10.0. The van der Waals surface area contributed by atoms with Crippen molar-refractivity contribution in [2.24, 2.45) is 5.92 Å². The Balaban J connectivity index is 2.11. The van der Waals surface area contributed by atoms with Crippen molar-refractivity contribution in [1.29, 1.82) is 0 Å². The molecular formula is C16H24N2O5S. The molecule has 0 bridgehead atoms. The normalized spacial score (nSPS) is 21.2. The molecule has 1 saturated heterocycles. The van der Waals surface area contributed by atoms with Crippen molar-refractivity contribution < 1.29 is 23.1 Å². The molecule has 0 aromatic heterocycles. The minimum absolute atomic E-state index is 0.0709. The van der Waals surface area contributed by atoms with Crippen LogP contribution in [0.4, 0.5) is 0 Å². The Hall–Kier alpha value is -1.64. The first kappa shape index (κ1) is 18.7. The number of benzene rings is 1. The maximum atomic E-state index is 12.5. The Kier molecular flexibility index (Phi) is 5.52. The van der Waals surface area contributed by atoms with Crippen LogP contribution < -0.4 is 5.32 Å². The highest BCUT2D eigenvalue weighted by Gasteiger charge is 2.34. The van der Waals surface area contributed by atoms with Crippen LogP contribution in [0.5, 0.6) is 5.75 Å². The summed E-state index contributed by atoms with van der Waals surface area (Å²) < 4.78 is 30.6. The van der Waals surface area contributed by atoms with Crippen molar-refractivity contribution in [2.45, 2.75) is 19.9 Å². The molecule has 0 aliphatic carbocycles. The smallest absolute Gasteiger partial charge is 0.251 e. The number of nitrogens with zero attached hydrogens (tertiary/aromatic N) is 1. The van der Waals surface area contributed by atoms with Crippen LogP contribution in [0.1, 0.15) is 21.5 Å². The van der Waals surface area contributed by atoms with Gasteiger partial charge in [0.25, 0.3) is 5.91 Å². The van der Waals surface area contributed by atoms with Crippen LogP contribution in [0.25, 0.3) is 0 Å². The van der Waals surface area contributed by atoms with Gasteiger partial charge in [-0.2, -0.15) is 0 Å². The van der Waals surface area contributed by atoms with Crippen LogP contribution in [0.15, 0.2) is 12.1 Å². The summed E-state index contributed by atoms with van der Waals surface area (Å²) in [6.45, 7) is 4.04. The number of rotatable bonds is 5. The van der Waals surface area contributed by atoms with Crippen LogP contribution in [-0.2, 0) is 14.8 Å². The van der Waals surface area contributed by atoms with E-state index in [1.165, 1.54) is 18.4 Å². The van der Waals surface area contributed by atoms with Gasteiger partial charge in [0.1, 0.15) is 5.75 Å². The number of hydrogen-bond acceptors (Lipinski definition) is 5. The number of carbonyl (C=O) groups excluding carboxylic acids is 1. The number of sulfonamides is 1. The highest BCUT2D eigenvalue weighted by Crippen LogP contribution is 2.23. The van der Waals surface area contributed by atoms with E-state index >= 15 is 0 Å². The van der Waals surface area contributed by atoms with Crippen LogP contribution in [-0.4, -0.2) is 62.8 Å². The third-order valence-corrected chi connectivity index (χ3v) is 6.21. The van der Waals surface area contributed by atoms with Crippen LogP contribution in [0.2, 0.25) is 0 Å². The SMILES string of the molecule is Cc1cc(C(=O)N[C@H]2COC[C@H]2CS(=O)(=O)N(C)C)cc(C)c1O. The molecule has 7 nitrogen and oxygen atoms in total. The maximum absolute atomic E-state index is 12.5. The Morgan fingerprint density at radius 2 is 1.88 bits per heavy atom.